The number of ether oxygens (including phenoxy) is 1. The molecule has 1 amide bonds. The van der Waals surface area contributed by atoms with Gasteiger partial charge in [-0.05, 0) is 31.2 Å². The van der Waals surface area contributed by atoms with Crippen LogP contribution in [-0.2, 0) is 4.79 Å². The molecule has 0 radical (unpaired) electrons. The Morgan fingerprint density at radius 1 is 1.33 bits per heavy atom. The van der Waals surface area contributed by atoms with E-state index in [1.165, 1.54) is 6.92 Å². The normalized spacial score (nSPS) is 11.1. The van der Waals surface area contributed by atoms with Crippen molar-refractivity contribution in [2.75, 3.05) is 25.6 Å². The molecule has 18 heavy (non-hydrogen) atoms. The van der Waals surface area contributed by atoms with Crippen LogP contribution in [0.5, 0.6) is 5.75 Å². The molecule has 0 fully saturated rings. The summed E-state index contributed by atoms with van der Waals surface area (Å²) in [5, 5.41) is 20.5. The molecule has 0 atom stereocenters. The third kappa shape index (κ3) is 4.23. The van der Waals surface area contributed by atoms with Crippen LogP contribution in [0.15, 0.2) is 24.3 Å². The molecule has 0 aromatic heterocycles. The molecule has 0 saturated heterocycles. The summed E-state index contributed by atoms with van der Waals surface area (Å²) in [6, 6.07) is 6.64. The zero-order valence-corrected chi connectivity index (χ0v) is 10.2. The molecule has 1 rings (SSSR count). The van der Waals surface area contributed by atoms with Gasteiger partial charge in [-0.2, -0.15) is 0 Å². The second-order valence-electron chi connectivity index (χ2n) is 4.28. The first-order valence-corrected chi connectivity index (χ1v) is 5.50. The lowest BCUT2D eigenvalue weighted by molar-refractivity contribution is -0.126. The van der Waals surface area contributed by atoms with Crippen molar-refractivity contribution in [3.63, 3.8) is 0 Å². The molecule has 0 spiro atoms. The molecule has 0 aliphatic carbocycles. The number of nitrogens with one attached hydrogen (secondary N) is 1. The molecule has 100 valence electrons. The van der Waals surface area contributed by atoms with E-state index >= 15 is 0 Å². The maximum Gasteiger partial charge on any atom is 0.258 e. The highest BCUT2D eigenvalue weighted by atomic mass is 16.5. The summed E-state index contributed by atoms with van der Waals surface area (Å²) in [6.07, 6.45) is 0. The van der Waals surface area contributed by atoms with Crippen molar-refractivity contribution in [3.05, 3.63) is 24.3 Å². The van der Waals surface area contributed by atoms with Crippen molar-refractivity contribution in [2.24, 2.45) is 0 Å². The number of carbonyl (C=O) groups excluding carboxylic acids is 1. The van der Waals surface area contributed by atoms with Crippen molar-refractivity contribution >= 4 is 11.6 Å². The number of rotatable bonds is 6. The molecule has 0 saturated carbocycles. The van der Waals surface area contributed by atoms with E-state index in [-0.39, 0.29) is 19.8 Å². The molecule has 0 bridgehead atoms. The molecule has 0 aliphatic heterocycles. The van der Waals surface area contributed by atoms with Crippen LogP contribution in [0, 0.1) is 0 Å². The maximum atomic E-state index is 11.5. The van der Waals surface area contributed by atoms with E-state index in [0.29, 0.717) is 11.4 Å². The van der Waals surface area contributed by atoms with Crippen molar-refractivity contribution in [1.82, 2.24) is 5.32 Å². The fourth-order valence-electron chi connectivity index (χ4n) is 1.21. The van der Waals surface area contributed by atoms with Crippen molar-refractivity contribution in [1.29, 1.82) is 0 Å². The van der Waals surface area contributed by atoms with Crippen LogP contribution in [0.25, 0.3) is 0 Å². The Morgan fingerprint density at radius 3 is 2.39 bits per heavy atom. The van der Waals surface area contributed by atoms with E-state index in [1.54, 1.807) is 24.3 Å². The first-order valence-electron chi connectivity index (χ1n) is 5.50. The highest BCUT2D eigenvalue weighted by Crippen LogP contribution is 2.12. The predicted molar refractivity (Wildman–Crippen MR) is 67.1 cm³/mol. The van der Waals surface area contributed by atoms with Gasteiger partial charge in [-0.3, -0.25) is 4.79 Å². The summed E-state index contributed by atoms with van der Waals surface area (Å²) in [4.78, 5) is 11.5. The molecule has 0 unspecified atom stereocenters. The number of aliphatic hydroxyl groups is 2. The minimum Gasteiger partial charge on any atom is -0.484 e. The van der Waals surface area contributed by atoms with Gasteiger partial charge in [0.1, 0.15) is 5.75 Å². The first-order chi connectivity index (χ1) is 8.49. The zero-order chi connectivity index (χ0) is 13.6. The number of hydrogen-bond donors (Lipinski definition) is 4. The summed E-state index contributed by atoms with van der Waals surface area (Å²) in [7, 11) is 0. The van der Waals surface area contributed by atoms with Crippen LogP contribution in [0.2, 0.25) is 0 Å². The lowest BCUT2D eigenvalue weighted by atomic mass is 10.1. The van der Waals surface area contributed by atoms with Gasteiger partial charge in [0.15, 0.2) is 6.61 Å². The Morgan fingerprint density at radius 2 is 1.89 bits per heavy atom. The van der Waals surface area contributed by atoms with Crippen LogP contribution in [0.4, 0.5) is 5.69 Å². The quantitative estimate of drug-likeness (QED) is 0.513. The van der Waals surface area contributed by atoms with Gasteiger partial charge in [-0.1, -0.05) is 0 Å². The van der Waals surface area contributed by atoms with Crippen LogP contribution in [0.3, 0.4) is 0 Å². The number of amides is 1. The number of anilines is 1. The Balaban J connectivity index is 2.44. The van der Waals surface area contributed by atoms with E-state index < -0.39 is 11.4 Å². The molecule has 0 aliphatic rings. The van der Waals surface area contributed by atoms with Crippen molar-refractivity contribution in [3.8, 4) is 5.75 Å². The second-order valence-corrected chi connectivity index (χ2v) is 4.28. The van der Waals surface area contributed by atoms with Crippen molar-refractivity contribution < 1.29 is 19.7 Å². The van der Waals surface area contributed by atoms with Gasteiger partial charge >= 0.3 is 0 Å². The van der Waals surface area contributed by atoms with E-state index in [0.717, 1.165) is 0 Å². The number of nitrogen functional groups attached to an aromatic ring is 1. The summed E-state index contributed by atoms with van der Waals surface area (Å²) in [6.45, 7) is 0.641. The van der Waals surface area contributed by atoms with Gasteiger partial charge in [0, 0.05) is 5.69 Å². The lowest BCUT2D eigenvalue weighted by Gasteiger charge is -2.26. The average molecular weight is 254 g/mol. The molecule has 1 aromatic rings. The number of benzene rings is 1. The molecule has 6 heteroatoms. The Bertz CT molecular complexity index is 388. The second kappa shape index (κ2) is 6.23. The standard InChI is InChI=1S/C12H18N2O4/c1-12(7-15,8-16)14-11(17)6-18-10-4-2-9(13)3-5-10/h2-5,15-16H,6-8,13H2,1H3,(H,14,17). The largest absolute Gasteiger partial charge is 0.484 e. The van der Waals surface area contributed by atoms with E-state index in [9.17, 15) is 4.79 Å². The zero-order valence-electron chi connectivity index (χ0n) is 10.2. The average Bonchev–Trinajstić information content (AvgIpc) is 2.38. The molecule has 6 nitrogen and oxygen atoms in total. The van der Waals surface area contributed by atoms with Gasteiger partial charge < -0.3 is 26.0 Å². The van der Waals surface area contributed by atoms with Gasteiger partial charge in [0.25, 0.3) is 5.91 Å². The molecule has 5 N–H and O–H groups in total. The summed E-state index contributed by atoms with van der Waals surface area (Å²) >= 11 is 0. The highest BCUT2D eigenvalue weighted by molar-refractivity contribution is 5.78. The SMILES string of the molecule is CC(CO)(CO)NC(=O)COc1ccc(N)cc1. The topological polar surface area (TPSA) is 105 Å². The van der Waals surface area contributed by atoms with Crippen LogP contribution in [-0.4, -0.2) is 41.5 Å². The maximum absolute atomic E-state index is 11.5. The Hall–Kier alpha value is -1.79. The van der Waals surface area contributed by atoms with Gasteiger partial charge in [0.2, 0.25) is 0 Å². The van der Waals surface area contributed by atoms with Crippen molar-refractivity contribution in [2.45, 2.75) is 12.5 Å². The van der Waals surface area contributed by atoms with E-state index in [4.69, 9.17) is 20.7 Å². The number of hydrogen-bond acceptors (Lipinski definition) is 5. The summed E-state index contributed by atoms with van der Waals surface area (Å²) < 4.78 is 5.23. The highest BCUT2D eigenvalue weighted by Gasteiger charge is 2.24. The van der Waals surface area contributed by atoms with E-state index in [2.05, 4.69) is 5.32 Å². The Kier molecular flexibility index (Phi) is 4.94. The molecule has 0 heterocycles. The first kappa shape index (κ1) is 14.3. The van der Waals surface area contributed by atoms with Gasteiger partial charge in [-0.15, -0.1) is 0 Å². The van der Waals surface area contributed by atoms with Crippen LogP contribution >= 0.6 is 0 Å². The Labute approximate surface area is 105 Å². The molecular weight excluding hydrogens is 236 g/mol. The predicted octanol–water partition coefficient (Wildman–Crippen LogP) is -0.493. The van der Waals surface area contributed by atoms with Crippen LogP contribution < -0.4 is 15.8 Å². The fourth-order valence-corrected chi connectivity index (χ4v) is 1.21. The molecular formula is C12H18N2O4. The van der Waals surface area contributed by atoms with Crippen LogP contribution in [0.1, 0.15) is 6.92 Å². The lowest BCUT2D eigenvalue weighted by Crippen LogP contribution is -2.53. The number of carbonyl (C=O) groups is 1. The third-order valence-corrected chi connectivity index (χ3v) is 2.39. The van der Waals surface area contributed by atoms with E-state index in [1.807, 2.05) is 0 Å². The fraction of sp³-hybridized carbons (Fsp3) is 0.417. The monoisotopic (exact) mass is 254 g/mol. The minimum absolute atomic E-state index is 0.195. The van der Waals surface area contributed by atoms with Gasteiger partial charge in [-0.25, -0.2) is 0 Å². The third-order valence-electron chi connectivity index (χ3n) is 2.39. The number of nitrogens with two attached hydrogens (primary N) is 1. The van der Waals surface area contributed by atoms with Gasteiger partial charge in [0.05, 0.1) is 18.8 Å². The smallest absolute Gasteiger partial charge is 0.258 e. The summed E-state index contributed by atoms with van der Waals surface area (Å²) in [5.74, 6) is 0.103. The number of aliphatic hydroxyl groups excluding tert-OH is 2. The molecule has 1 aromatic carbocycles. The minimum atomic E-state index is -1.04. The summed E-state index contributed by atoms with van der Waals surface area (Å²) in [5.41, 5.74) is 5.08.